The second kappa shape index (κ2) is 5.57. The van der Waals surface area contributed by atoms with E-state index in [1.165, 1.54) is 0 Å². The molecule has 1 amide bonds. The van der Waals surface area contributed by atoms with Gasteiger partial charge < -0.3 is 10.6 Å². The maximum atomic E-state index is 11.9. The van der Waals surface area contributed by atoms with Gasteiger partial charge in [-0.2, -0.15) is 0 Å². The highest BCUT2D eigenvalue weighted by Gasteiger charge is 2.23. The van der Waals surface area contributed by atoms with Gasteiger partial charge in [-0.3, -0.25) is 4.79 Å². The lowest BCUT2D eigenvalue weighted by molar-refractivity contribution is -0.119. The maximum absolute atomic E-state index is 11.9. The molecule has 1 aromatic carbocycles. The number of hydrogen-bond acceptors (Lipinski definition) is 2. The van der Waals surface area contributed by atoms with Gasteiger partial charge in [0.1, 0.15) is 0 Å². The van der Waals surface area contributed by atoms with Crippen molar-refractivity contribution in [3.05, 3.63) is 26.7 Å². The van der Waals surface area contributed by atoms with Gasteiger partial charge in [-0.1, -0.05) is 23.2 Å². The van der Waals surface area contributed by atoms with Gasteiger partial charge in [0.05, 0.1) is 21.7 Å². The zero-order valence-corrected chi connectivity index (χ0v) is 12.0. The summed E-state index contributed by atoms with van der Waals surface area (Å²) in [6.45, 7) is 1.60. The van der Waals surface area contributed by atoms with E-state index in [-0.39, 0.29) is 11.8 Å². The van der Waals surface area contributed by atoms with E-state index in [1.54, 1.807) is 12.1 Å². The summed E-state index contributed by atoms with van der Waals surface area (Å²) in [5.74, 6) is -0.0104. The van der Waals surface area contributed by atoms with Crippen molar-refractivity contribution in [3.8, 4) is 0 Å². The van der Waals surface area contributed by atoms with Gasteiger partial charge in [-0.25, -0.2) is 0 Å². The first-order chi connectivity index (χ1) is 8.09. The number of carbonyl (C=O) groups is 1. The summed E-state index contributed by atoms with van der Waals surface area (Å²) in [6.07, 6.45) is 0.855. The lowest BCUT2D eigenvalue weighted by atomic mass is 10.1. The number of carbonyl (C=O) groups excluding carboxylic acids is 1. The predicted molar refractivity (Wildman–Crippen MR) is 73.8 cm³/mol. The summed E-state index contributed by atoms with van der Waals surface area (Å²) in [5, 5.41) is 6.72. The van der Waals surface area contributed by atoms with E-state index < -0.39 is 0 Å². The van der Waals surface area contributed by atoms with Crippen molar-refractivity contribution in [2.45, 2.75) is 6.42 Å². The molecule has 1 aromatic rings. The number of anilines is 1. The molecule has 1 fully saturated rings. The van der Waals surface area contributed by atoms with E-state index >= 15 is 0 Å². The van der Waals surface area contributed by atoms with Gasteiger partial charge in [-0.15, -0.1) is 0 Å². The summed E-state index contributed by atoms with van der Waals surface area (Å²) in [4.78, 5) is 11.9. The van der Waals surface area contributed by atoms with Crippen LogP contribution in [-0.2, 0) is 4.79 Å². The fourth-order valence-electron chi connectivity index (χ4n) is 1.74. The molecule has 92 valence electrons. The molecule has 0 bridgehead atoms. The Morgan fingerprint density at radius 1 is 1.41 bits per heavy atom. The summed E-state index contributed by atoms with van der Waals surface area (Å²) in [7, 11) is 0. The van der Waals surface area contributed by atoms with Crippen LogP contribution >= 0.6 is 39.1 Å². The molecule has 1 heterocycles. The monoisotopic (exact) mass is 336 g/mol. The molecule has 0 aromatic heterocycles. The average Bonchev–Trinajstić information content (AvgIpc) is 2.83. The number of nitrogens with one attached hydrogen (secondary N) is 2. The largest absolute Gasteiger partial charge is 0.324 e. The second-order valence-electron chi connectivity index (χ2n) is 3.90. The zero-order valence-electron chi connectivity index (χ0n) is 8.90. The Kier molecular flexibility index (Phi) is 4.31. The van der Waals surface area contributed by atoms with E-state index in [0.717, 1.165) is 13.0 Å². The van der Waals surface area contributed by atoms with Gasteiger partial charge in [0.25, 0.3) is 0 Å². The smallest absolute Gasteiger partial charge is 0.228 e. The third-order valence-electron chi connectivity index (χ3n) is 2.72. The Hall–Kier alpha value is -0.290. The van der Waals surface area contributed by atoms with Crippen molar-refractivity contribution in [1.29, 1.82) is 0 Å². The molecule has 3 nitrogen and oxygen atoms in total. The lowest BCUT2D eigenvalue weighted by Crippen LogP contribution is -2.24. The zero-order chi connectivity index (χ0) is 12.4. The third-order valence-corrected chi connectivity index (χ3v) is 4.50. The highest BCUT2D eigenvalue weighted by molar-refractivity contribution is 9.10. The molecule has 2 N–H and O–H groups in total. The minimum atomic E-state index is -0.0183. The maximum Gasteiger partial charge on any atom is 0.228 e. The number of hydrogen-bond donors (Lipinski definition) is 2. The summed E-state index contributed by atoms with van der Waals surface area (Å²) >= 11 is 15.3. The Labute approximate surface area is 118 Å². The van der Waals surface area contributed by atoms with Crippen LogP contribution < -0.4 is 10.6 Å². The van der Waals surface area contributed by atoms with E-state index in [9.17, 15) is 4.79 Å². The quantitative estimate of drug-likeness (QED) is 0.813. The molecule has 0 radical (unpaired) electrons. The average molecular weight is 338 g/mol. The Bertz CT molecular complexity index is 447. The Morgan fingerprint density at radius 3 is 2.82 bits per heavy atom. The number of amides is 1. The van der Waals surface area contributed by atoms with Crippen LogP contribution in [-0.4, -0.2) is 19.0 Å². The van der Waals surface area contributed by atoms with Crippen LogP contribution in [0.3, 0.4) is 0 Å². The van der Waals surface area contributed by atoms with E-state index in [4.69, 9.17) is 23.2 Å². The third kappa shape index (κ3) is 2.94. The van der Waals surface area contributed by atoms with Gasteiger partial charge in [0.15, 0.2) is 0 Å². The van der Waals surface area contributed by atoms with Crippen LogP contribution in [0.5, 0.6) is 0 Å². The molecule has 0 aliphatic carbocycles. The number of rotatable bonds is 2. The highest BCUT2D eigenvalue weighted by atomic mass is 79.9. The van der Waals surface area contributed by atoms with Crippen LogP contribution in [0.15, 0.2) is 16.6 Å². The Balaban J connectivity index is 2.13. The highest BCUT2D eigenvalue weighted by Crippen LogP contribution is 2.36. The van der Waals surface area contributed by atoms with Crippen LogP contribution in [0.2, 0.25) is 10.0 Å². The van der Waals surface area contributed by atoms with Crippen LogP contribution in [0.1, 0.15) is 6.42 Å². The minimum absolute atomic E-state index is 0.00786. The van der Waals surface area contributed by atoms with Crippen molar-refractivity contribution in [1.82, 2.24) is 5.32 Å². The normalized spacial score (nSPS) is 19.4. The lowest BCUT2D eigenvalue weighted by Gasteiger charge is -2.12. The molecule has 0 spiro atoms. The molecular weight excluding hydrogens is 327 g/mol. The van der Waals surface area contributed by atoms with Gasteiger partial charge in [-0.05, 0) is 41.0 Å². The summed E-state index contributed by atoms with van der Waals surface area (Å²) in [6, 6.07) is 3.50. The van der Waals surface area contributed by atoms with Gasteiger partial charge in [0, 0.05) is 11.0 Å². The van der Waals surface area contributed by atoms with Crippen LogP contribution in [0.25, 0.3) is 0 Å². The van der Waals surface area contributed by atoms with E-state index in [1.807, 2.05) is 0 Å². The molecule has 1 aliphatic heterocycles. The number of halogens is 3. The molecule has 2 rings (SSSR count). The fraction of sp³-hybridized carbons (Fsp3) is 0.364. The predicted octanol–water partition coefficient (Wildman–Crippen LogP) is 3.30. The summed E-state index contributed by atoms with van der Waals surface area (Å²) < 4.78 is 0.713. The van der Waals surface area contributed by atoms with E-state index in [2.05, 4.69) is 26.6 Å². The minimum Gasteiger partial charge on any atom is -0.324 e. The Morgan fingerprint density at radius 2 is 2.18 bits per heavy atom. The first-order valence-electron chi connectivity index (χ1n) is 5.24. The second-order valence-corrected chi connectivity index (χ2v) is 5.51. The number of benzene rings is 1. The van der Waals surface area contributed by atoms with Crippen molar-refractivity contribution >= 4 is 50.7 Å². The van der Waals surface area contributed by atoms with Gasteiger partial charge in [0.2, 0.25) is 5.91 Å². The van der Waals surface area contributed by atoms with Crippen molar-refractivity contribution in [2.24, 2.45) is 5.92 Å². The first-order valence-corrected chi connectivity index (χ1v) is 6.79. The molecule has 0 saturated carbocycles. The topological polar surface area (TPSA) is 41.1 Å². The first kappa shape index (κ1) is 13.1. The SMILES string of the molecule is O=C(Nc1ccc(Br)c(Cl)c1Cl)C1CCNC1. The van der Waals surface area contributed by atoms with E-state index in [0.29, 0.717) is 26.8 Å². The van der Waals surface area contributed by atoms with Crippen molar-refractivity contribution in [3.63, 3.8) is 0 Å². The molecule has 6 heteroatoms. The molecule has 1 atom stereocenters. The molecule has 1 unspecified atom stereocenters. The molecular formula is C11H11BrCl2N2O. The van der Waals surface area contributed by atoms with Crippen LogP contribution in [0.4, 0.5) is 5.69 Å². The molecule has 1 aliphatic rings. The molecule has 1 saturated heterocycles. The molecule has 17 heavy (non-hydrogen) atoms. The standard InChI is InChI=1S/C11H11BrCl2N2O/c12-7-1-2-8(10(14)9(7)13)16-11(17)6-3-4-15-5-6/h1-2,6,15H,3-5H2,(H,16,17). The van der Waals surface area contributed by atoms with Crippen molar-refractivity contribution < 1.29 is 4.79 Å². The van der Waals surface area contributed by atoms with Crippen molar-refractivity contribution in [2.75, 3.05) is 18.4 Å². The summed E-state index contributed by atoms with van der Waals surface area (Å²) in [5.41, 5.74) is 0.553. The van der Waals surface area contributed by atoms with Crippen LogP contribution in [0, 0.1) is 5.92 Å². The fourth-order valence-corrected chi connectivity index (χ4v) is 2.56. The van der Waals surface area contributed by atoms with Gasteiger partial charge >= 0.3 is 0 Å².